The lowest BCUT2D eigenvalue weighted by molar-refractivity contribution is 0.0904. The Morgan fingerprint density at radius 2 is 1.00 bits per heavy atom. The largest absolute Gasteiger partial charge is 0.372 e. The van der Waals surface area contributed by atoms with E-state index in [1.165, 1.54) is 65.0 Å². The summed E-state index contributed by atoms with van der Waals surface area (Å²) in [6.45, 7) is 9.61. The molecular formula is C16H28N2O2. The van der Waals surface area contributed by atoms with Crippen molar-refractivity contribution in [2.45, 2.75) is 37.9 Å². The highest BCUT2D eigenvalue weighted by molar-refractivity contribution is 4.85. The molecule has 4 heteroatoms. The van der Waals surface area contributed by atoms with Crippen LogP contribution in [0.5, 0.6) is 0 Å². The van der Waals surface area contributed by atoms with Crippen LogP contribution in [0.1, 0.15) is 25.7 Å². The van der Waals surface area contributed by atoms with E-state index in [0.717, 1.165) is 25.0 Å². The molecular weight excluding hydrogens is 252 g/mol. The molecule has 0 saturated carbocycles. The average Bonchev–Trinajstić information content (AvgIpc) is 3.37. The zero-order valence-electron chi connectivity index (χ0n) is 12.5. The van der Waals surface area contributed by atoms with Gasteiger partial charge in [-0.25, -0.2) is 0 Å². The number of nitrogens with zero attached hydrogens (tertiary/aromatic N) is 2. The molecule has 0 aromatic heterocycles. The number of hydrogen-bond acceptors (Lipinski definition) is 4. The first-order valence-electron chi connectivity index (χ1n) is 8.55. The third-order valence-electron chi connectivity index (χ3n) is 5.66. The van der Waals surface area contributed by atoms with E-state index in [0.29, 0.717) is 12.2 Å². The van der Waals surface area contributed by atoms with E-state index in [1.807, 2.05) is 0 Å². The molecule has 4 rings (SSSR count). The van der Waals surface area contributed by atoms with Crippen LogP contribution >= 0.6 is 0 Å². The van der Waals surface area contributed by atoms with Crippen LogP contribution in [0.3, 0.4) is 0 Å². The minimum Gasteiger partial charge on any atom is -0.372 e. The van der Waals surface area contributed by atoms with Crippen molar-refractivity contribution in [3.05, 3.63) is 0 Å². The molecule has 0 aliphatic carbocycles. The monoisotopic (exact) mass is 280 g/mol. The third-order valence-corrected chi connectivity index (χ3v) is 5.66. The molecule has 0 spiro atoms. The second-order valence-corrected chi connectivity index (χ2v) is 7.19. The van der Waals surface area contributed by atoms with Gasteiger partial charge in [0.2, 0.25) is 0 Å². The van der Waals surface area contributed by atoms with Crippen LogP contribution in [0.15, 0.2) is 0 Å². The van der Waals surface area contributed by atoms with Gasteiger partial charge in [-0.2, -0.15) is 0 Å². The Labute approximate surface area is 122 Å². The maximum atomic E-state index is 5.35. The van der Waals surface area contributed by atoms with Gasteiger partial charge in [0.25, 0.3) is 0 Å². The molecule has 2 unspecified atom stereocenters. The minimum absolute atomic E-state index is 0.569. The highest BCUT2D eigenvalue weighted by Crippen LogP contribution is 2.33. The second-order valence-electron chi connectivity index (χ2n) is 7.19. The Kier molecular flexibility index (Phi) is 3.99. The predicted octanol–water partition coefficient (Wildman–Crippen LogP) is 1.21. The van der Waals surface area contributed by atoms with Gasteiger partial charge in [0.1, 0.15) is 0 Å². The molecule has 0 aromatic carbocycles. The van der Waals surface area contributed by atoms with Gasteiger partial charge in [-0.1, -0.05) is 0 Å². The molecule has 114 valence electrons. The molecule has 2 atom stereocenters. The molecule has 0 radical (unpaired) electrons. The topological polar surface area (TPSA) is 31.5 Å². The van der Waals surface area contributed by atoms with Crippen LogP contribution in [-0.4, -0.2) is 74.5 Å². The molecule has 4 heterocycles. The SMILES string of the molecule is C1OC1CN1CCC(C2CCN(CC3CO3)CC2)CC1. The highest BCUT2D eigenvalue weighted by Gasteiger charge is 2.33. The van der Waals surface area contributed by atoms with Crippen LogP contribution < -0.4 is 0 Å². The predicted molar refractivity (Wildman–Crippen MR) is 77.8 cm³/mol. The summed E-state index contributed by atoms with van der Waals surface area (Å²) < 4.78 is 10.7. The van der Waals surface area contributed by atoms with Gasteiger partial charge in [-0.15, -0.1) is 0 Å². The second kappa shape index (κ2) is 5.91. The van der Waals surface area contributed by atoms with Gasteiger partial charge in [-0.05, 0) is 63.7 Å². The van der Waals surface area contributed by atoms with Crippen molar-refractivity contribution in [3.63, 3.8) is 0 Å². The fraction of sp³-hybridized carbons (Fsp3) is 1.00. The summed E-state index contributed by atoms with van der Waals surface area (Å²) in [6, 6.07) is 0. The van der Waals surface area contributed by atoms with Gasteiger partial charge in [0.15, 0.2) is 0 Å². The smallest absolute Gasteiger partial charge is 0.0936 e. The van der Waals surface area contributed by atoms with Gasteiger partial charge >= 0.3 is 0 Å². The molecule has 4 nitrogen and oxygen atoms in total. The number of hydrogen-bond donors (Lipinski definition) is 0. The van der Waals surface area contributed by atoms with Crippen molar-refractivity contribution in [2.24, 2.45) is 11.8 Å². The first-order valence-corrected chi connectivity index (χ1v) is 8.55. The van der Waals surface area contributed by atoms with Crippen LogP contribution in [-0.2, 0) is 9.47 Å². The Bertz CT molecular complexity index is 282. The zero-order chi connectivity index (χ0) is 13.4. The number of ether oxygens (including phenoxy) is 2. The van der Waals surface area contributed by atoms with Gasteiger partial charge in [0, 0.05) is 13.1 Å². The average molecular weight is 280 g/mol. The maximum absolute atomic E-state index is 5.35. The molecule has 4 aliphatic rings. The highest BCUT2D eigenvalue weighted by atomic mass is 16.6. The van der Waals surface area contributed by atoms with Gasteiger partial charge < -0.3 is 19.3 Å². The number of epoxide rings is 2. The summed E-state index contributed by atoms with van der Waals surface area (Å²) in [5.41, 5.74) is 0. The van der Waals surface area contributed by atoms with Gasteiger partial charge in [0.05, 0.1) is 25.4 Å². The van der Waals surface area contributed by atoms with E-state index >= 15 is 0 Å². The summed E-state index contributed by atoms with van der Waals surface area (Å²) in [5.74, 6) is 1.98. The van der Waals surface area contributed by atoms with Crippen molar-refractivity contribution in [3.8, 4) is 0 Å². The van der Waals surface area contributed by atoms with E-state index in [2.05, 4.69) is 9.80 Å². The maximum Gasteiger partial charge on any atom is 0.0936 e. The summed E-state index contributed by atoms with van der Waals surface area (Å²) >= 11 is 0. The summed E-state index contributed by atoms with van der Waals surface area (Å²) in [5, 5.41) is 0. The lowest BCUT2D eigenvalue weighted by atomic mass is 9.79. The lowest BCUT2D eigenvalue weighted by Crippen LogP contribution is -2.42. The van der Waals surface area contributed by atoms with E-state index in [9.17, 15) is 0 Å². The van der Waals surface area contributed by atoms with Crippen molar-refractivity contribution < 1.29 is 9.47 Å². The summed E-state index contributed by atoms with van der Waals surface area (Å²) in [7, 11) is 0. The van der Waals surface area contributed by atoms with Crippen LogP contribution in [0.25, 0.3) is 0 Å². The quantitative estimate of drug-likeness (QED) is 0.709. The summed E-state index contributed by atoms with van der Waals surface area (Å²) in [4.78, 5) is 5.24. The van der Waals surface area contributed by atoms with Crippen LogP contribution in [0.4, 0.5) is 0 Å². The Hall–Kier alpha value is -0.160. The van der Waals surface area contributed by atoms with E-state index in [-0.39, 0.29) is 0 Å². The number of rotatable bonds is 5. The minimum atomic E-state index is 0.569. The van der Waals surface area contributed by atoms with E-state index in [1.54, 1.807) is 0 Å². The Morgan fingerprint density at radius 3 is 1.30 bits per heavy atom. The zero-order valence-corrected chi connectivity index (χ0v) is 12.5. The fourth-order valence-electron chi connectivity index (χ4n) is 4.14. The standard InChI is InChI=1S/C16H28N2O2/c1-5-17(9-15-11-19-15)6-2-13(1)14-3-7-18(8-4-14)10-16-12-20-16/h13-16H,1-12H2. The van der Waals surface area contributed by atoms with Gasteiger partial charge in [-0.3, -0.25) is 0 Å². The van der Waals surface area contributed by atoms with Crippen molar-refractivity contribution in [1.29, 1.82) is 0 Å². The number of likely N-dealkylation sites (tertiary alicyclic amines) is 2. The molecule has 20 heavy (non-hydrogen) atoms. The summed E-state index contributed by atoms with van der Waals surface area (Å²) in [6.07, 6.45) is 6.82. The van der Waals surface area contributed by atoms with Crippen molar-refractivity contribution in [1.82, 2.24) is 9.80 Å². The first kappa shape index (κ1) is 13.5. The molecule has 4 fully saturated rings. The third kappa shape index (κ3) is 3.53. The van der Waals surface area contributed by atoms with Crippen molar-refractivity contribution >= 4 is 0 Å². The van der Waals surface area contributed by atoms with E-state index in [4.69, 9.17) is 9.47 Å². The molecule has 0 amide bonds. The Morgan fingerprint density at radius 1 is 0.650 bits per heavy atom. The Balaban J connectivity index is 1.17. The first-order chi connectivity index (χ1) is 9.87. The lowest BCUT2D eigenvalue weighted by Gasteiger charge is -2.40. The molecule has 0 N–H and O–H groups in total. The normalized spacial score (nSPS) is 37.2. The molecule has 0 bridgehead atoms. The number of piperidine rings is 2. The molecule has 4 aliphatic heterocycles. The fourth-order valence-corrected chi connectivity index (χ4v) is 4.14. The van der Waals surface area contributed by atoms with Crippen molar-refractivity contribution in [2.75, 3.05) is 52.5 Å². The van der Waals surface area contributed by atoms with Crippen LogP contribution in [0, 0.1) is 11.8 Å². The van der Waals surface area contributed by atoms with Crippen LogP contribution in [0.2, 0.25) is 0 Å². The molecule has 4 saturated heterocycles. The van der Waals surface area contributed by atoms with E-state index < -0.39 is 0 Å². The molecule has 0 aromatic rings.